The monoisotopic (exact) mass is 517 g/mol. The zero-order valence-electron chi connectivity index (χ0n) is 16.0. The number of nitrogens with zero attached hydrogens (tertiary/aromatic N) is 2. The number of amides is 1. The van der Waals surface area contributed by atoms with Crippen LogP contribution in [0, 0.1) is 9.39 Å². The van der Waals surface area contributed by atoms with Gasteiger partial charge in [0.1, 0.15) is 17.2 Å². The fraction of sp³-hybridized carbons (Fsp3) is 0.400. The molecule has 8 heteroatoms. The quantitative estimate of drug-likeness (QED) is 0.555. The fourth-order valence-corrected chi connectivity index (χ4v) is 3.73. The number of benzene rings is 1. The third kappa shape index (κ3) is 5.26. The molecule has 1 aliphatic rings. The Morgan fingerprint density at radius 2 is 2.14 bits per heavy atom. The van der Waals surface area contributed by atoms with Crippen molar-refractivity contribution in [2.24, 2.45) is 0 Å². The molecule has 2 heterocycles. The van der Waals surface area contributed by atoms with E-state index in [-0.39, 0.29) is 11.9 Å². The summed E-state index contributed by atoms with van der Waals surface area (Å²) in [6.07, 6.45) is 0.389. The molecular formula is C20H22ClFIN3O2. The Balaban J connectivity index is 1.73. The summed E-state index contributed by atoms with van der Waals surface area (Å²) in [6, 6.07) is 6.67. The minimum Gasteiger partial charge on any atom is -0.444 e. The molecule has 3 rings (SSSR count). The second-order valence-corrected chi connectivity index (χ2v) is 9.26. The number of nitrogens with one attached hydrogen (secondary N) is 1. The summed E-state index contributed by atoms with van der Waals surface area (Å²) in [7, 11) is 0. The third-order valence-corrected chi connectivity index (χ3v) is 5.31. The van der Waals surface area contributed by atoms with Crippen LogP contribution in [0.5, 0.6) is 0 Å². The molecule has 5 nitrogen and oxygen atoms in total. The van der Waals surface area contributed by atoms with E-state index in [1.807, 2.05) is 20.8 Å². The van der Waals surface area contributed by atoms with Gasteiger partial charge in [0.2, 0.25) is 0 Å². The molecule has 0 unspecified atom stereocenters. The van der Waals surface area contributed by atoms with E-state index >= 15 is 0 Å². The van der Waals surface area contributed by atoms with E-state index in [4.69, 9.17) is 16.3 Å². The standard InChI is InChI=1S/C20H22ClFIN3O2/c1-20(2,3)28-19(27)26-7-6-12-8-16(23)18(25-17(12)11-26)24-10-13-4-5-14(21)9-15(13)22/h4-5,8-9H,6-7,10-11H2,1-3H3,(H,24,25). The maximum Gasteiger partial charge on any atom is 0.410 e. The molecule has 1 amide bonds. The number of anilines is 1. The van der Waals surface area contributed by atoms with Crippen LogP contribution in [0.3, 0.4) is 0 Å². The molecule has 0 saturated carbocycles. The van der Waals surface area contributed by atoms with Crippen molar-refractivity contribution in [3.63, 3.8) is 0 Å². The van der Waals surface area contributed by atoms with Gasteiger partial charge in [0.15, 0.2) is 0 Å². The largest absolute Gasteiger partial charge is 0.444 e. The van der Waals surface area contributed by atoms with Gasteiger partial charge in [-0.05, 0) is 73.5 Å². The van der Waals surface area contributed by atoms with Gasteiger partial charge in [0.25, 0.3) is 0 Å². The number of pyridine rings is 1. The first-order valence-electron chi connectivity index (χ1n) is 8.96. The number of carbonyl (C=O) groups excluding carboxylic acids is 1. The number of ether oxygens (including phenoxy) is 1. The molecule has 1 aromatic heterocycles. The third-order valence-electron chi connectivity index (χ3n) is 4.25. The number of carbonyl (C=O) groups is 1. The average Bonchev–Trinajstić information content (AvgIpc) is 2.59. The highest BCUT2D eigenvalue weighted by Gasteiger charge is 2.27. The second kappa shape index (κ2) is 8.41. The Bertz CT molecular complexity index is 902. The Kier molecular flexibility index (Phi) is 6.34. The highest BCUT2D eigenvalue weighted by Crippen LogP contribution is 2.26. The average molecular weight is 518 g/mol. The molecule has 150 valence electrons. The normalized spacial score (nSPS) is 13.9. The van der Waals surface area contributed by atoms with E-state index in [0.29, 0.717) is 36.0 Å². The van der Waals surface area contributed by atoms with Crippen LogP contribution in [0.4, 0.5) is 15.0 Å². The number of aromatic nitrogens is 1. The zero-order valence-corrected chi connectivity index (χ0v) is 18.9. The Labute approximate surface area is 182 Å². The fourth-order valence-electron chi connectivity index (χ4n) is 2.88. The van der Waals surface area contributed by atoms with Crippen LogP contribution in [-0.4, -0.2) is 28.1 Å². The number of rotatable bonds is 3. The molecule has 28 heavy (non-hydrogen) atoms. The van der Waals surface area contributed by atoms with Gasteiger partial charge in [0.05, 0.1) is 15.8 Å². The van der Waals surface area contributed by atoms with Crippen molar-refractivity contribution in [2.75, 3.05) is 11.9 Å². The summed E-state index contributed by atoms with van der Waals surface area (Å²) in [4.78, 5) is 18.7. The van der Waals surface area contributed by atoms with Crippen molar-refractivity contribution in [1.82, 2.24) is 9.88 Å². The van der Waals surface area contributed by atoms with Crippen molar-refractivity contribution >= 4 is 46.1 Å². The van der Waals surface area contributed by atoms with Crippen molar-refractivity contribution in [2.45, 2.75) is 45.9 Å². The molecular weight excluding hydrogens is 496 g/mol. The van der Waals surface area contributed by atoms with Crippen molar-refractivity contribution in [3.05, 3.63) is 55.5 Å². The highest BCUT2D eigenvalue weighted by atomic mass is 127. The lowest BCUT2D eigenvalue weighted by molar-refractivity contribution is 0.0221. The lowest BCUT2D eigenvalue weighted by Gasteiger charge is -2.31. The van der Waals surface area contributed by atoms with E-state index in [0.717, 1.165) is 21.2 Å². The van der Waals surface area contributed by atoms with Crippen LogP contribution >= 0.6 is 34.2 Å². The molecule has 0 atom stereocenters. The smallest absolute Gasteiger partial charge is 0.410 e. The highest BCUT2D eigenvalue weighted by molar-refractivity contribution is 14.1. The van der Waals surface area contributed by atoms with Gasteiger partial charge in [-0.2, -0.15) is 0 Å². The maximum atomic E-state index is 14.0. The number of hydrogen-bond acceptors (Lipinski definition) is 4. The summed E-state index contributed by atoms with van der Waals surface area (Å²) in [6.45, 7) is 6.83. The van der Waals surface area contributed by atoms with Crippen LogP contribution in [0.15, 0.2) is 24.3 Å². The Morgan fingerprint density at radius 3 is 2.82 bits per heavy atom. The van der Waals surface area contributed by atoms with Gasteiger partial charge in [-0.1, -0.05) is 17.7 Å². The SMILES string of the molecule is CC(C)(C)OC(=O)N1CCc2cc(I)c(NCc3ccc(Cl)cc3F)nc2C1. The molecule has 1 aliphatic heterocycles. The molecule has 0 fully saturated rings. The van der Waals surface area contributed by atoms with Gasteiger partial charge < -0.3 is 15.0 Å². The summed E-state index contributed by atoms with van der Waals surface area (Å²) < 4.78 is 20.4. The van der Waals surface area contributed by atoms with E-state index in [2.05, 4.69) is 39.0 Å². The Morgan fingerprint density at radius 1 is 1.39 bits per heavy atom. The van der Waals surface area contributed by atoms with E-state index in [9.17, 15) is 9.18 Å². The number of fused-ring (bicyclic) bond motifs is 1. The van der Waals surface area contributed by atoms with Crippen molar-refractivity contribution < 1.29 is 13.9 Å². The molecule has 2 aromatic rings. The van der Waals surface area contributed by atoms with E-state index < -0.39 is 5.60 Å². The summed E-state index contributed by atoms with van der Waals surface area (Å²) >= 11 is 8.02. The molecule has 1 aromatic carbocycles. The summed E-state index contributed by atoms with van der Waals surface area (Å²) in [5.41, 5.74) is 1.92. The van der Waals surface area contributed by atoms with Crippen molar-refractivity contribution in [1.29, 1.82) is 0 Å². The first-order valence-corrected chi connectivity index (χ1v) is 10.4. The first-order chi connectivity index (χ1) is 13.1. The van der Waals surface area contributed by atoms with Gasteiger partial charge in [0, 0.05) is 23.7 Å². The van der Waals surface area contributed by atoms with Crippen LogP contribution in [0.2, 0.25) is 5.02 Å². The van der Waals surface area contributed by atoms with Crippen LogP contribution in [-0.2, 0) is 24.2 Å². The van der Waals surface area contributed by atoms with Gasteiger partial charge in [-0.15, -0.1) is 0 Å². The lowest BCUT2D eigenvalue weighted by Crippen LogP contribution is -2.40. The van der Waals surface area contributed by atoms with Crippen molar-refractivity contribution in [3.8, 4) is 0 Å². The van der Waals surface area contributed by atoms with Gasteiger partial charge in [-0.3, -0.25) is 0 Å². The predicted octanol–water partition coefficient (Wildman–Crippen LogP) is 5.38. The molecule has 0 bridgehead atoms. The van der Waals surface area contributed by atoms with E-state index in [1.165, 1.54) is 6.07 Å². The minimum absolute atomic E-state index is 0.292. The molecule has 1 N–H and O–H groups in total. The molecule has 0 aliphatic carbocycles. The molecule has 0 radical (unpaired) electrons. The van der Waals surface area contributed by atoms with Gasteiger partial charge in [-0.25, -0.2) is 14.2 Å². The summed E-state index contributed by atoms with van der Waals surface area (Å²) in [5.74, 6) is 0.309. The van der Waals surface area contributed by atoms with Crippen LogP contribution < -0.4 is 5.32 Å². The van der Waals surface area contributed by atoms with Gasteiger partial charge >= 0.3 is 6.09 Å². The molecule has 0 saturated heterocycles. The zero-order chi connectivity index (χ0) is 20.5. The topological polar surface area (TPSA) is 54.5 Å². The van der Waals surface area contributed by atoms with Crippen LogP contribution in [0.25, 0.3) is 0 Å². The number of halogens is 3. The maximum absolute atomic E-state index is 14.0. The second-order valence-electron chi connectivity index (χ2n) is 7.67. The lowest BCUT2D eigenvalue weighted by atomic mass is 10.1. The Hall–Kier alpha value is -1.61. The summed E-state index contributed by atoms with van der Waals surface area (Å²) in [5, 5.41) is 3.55. The van der Waals surface area contributed by atoms with Crippen LogP contribution in [0.1, 0.15) is 37.6 Å². The van der Waals surface area contributed by atoms with E-state index in [1.54, 1.807) is 17.0 Å². The minimum atomic E-state index is -0.535. The predicted molar refractivity (Wildman–Crippen MR) is 116 cm³/mol. The molecule has 0 spiro atoms. The first kappa shape index (κ1) is 21.1. The number of hydrogen-bond donors (Lipinski definition) is 1.